The van der Waals surface area contributed by atoms with Crippen molar-refractivity contribution in [1.29, 1.82) is 0 Å². The van der Waals surface area contributed by atoms with Gasteiger partial charge in [0.1, 0.15) is 6.04 Å². The van der Waals surface area contributed by atoms with E-state index in [-0.39, 0.29) is 29.8 Å². The number of carbonyl (C=O) groups is 2. The summed E-state index contributed by atoms with van der Waals surface area (Å²) in [6, 6.07) is -0.0406. The van der Waals surface area contributed by atoms with E-state index in [2.05, 4.69) is 42.8 Å². The molecule has 324 valence electrons. The van der Waals surface area contributed by atoms with Crippen molar-refractivity contribution in [2.24, 2.45) is 11.8 Å². The number of hydrogen-bond acceptors (Lipinski definition) is 3. The Morgan fingerprint density at radius 1 is 0.545 bits per heavy atom. The van der Waals surface area contributed by atoms with E-state index < -0.39 is 0 Å². The quantitative estimate of drug-likeness (QED) is 0.0516. The lowest BCUT2D eigenvalue weighted by Crippen LogP contribution is -2.57. The van der Waals surface area contributed by atoms with Crippen LogP contribution in [0.3, 0.4) is 0 Å². The van der Waals surface area contributed by atoms with E-state index in [1.165, 1.54) is 186 Å². The van der Waals surface area contributed by atoms with Gasteiger partial charge >= 0.3 is 0 Å². The molecule has 0 radical (unpaired) electrons. The van der Waals surface area contributed by atoms with Gasteiger partial charge in [-0.25, -0.2) is 0 Å². The first-order chi connectivity index (χ1) is 27.0. The predicted octanol–water partition coefficient (Wildman–Crippen LogP) is 14.4. The Labute approximate surface area is 344 Å². The summed E-state index contributed by atoms with van der Waals surface area (Å²) in [5.74, 6) is 1.21. The van der Waals surface area contributed by atoms with Crippen molar-refractivity contribution in [2.45, 2.75) is 271 Å². The topological polar surface area (TPSA) is 52.7 Å². The molecule has 1 N–H and O–H groups in total. The van der Waals surface area contributed by atoms with Crippen LogP contribution >= 0.6 is 0 Å². The molecule has 5 heteroatoms. The van der Waals surface area contributed by atoms with Gasteiger partial charge in [-0.1, -0.05) is 207 Å². The minimum absolute atomic E-state index is 0.180. The smallest absolute Gasteiger partial charge is 0.243 e. The lowest BCUT2D eigenvalue weighted by molar-refractivity contribution is -0.145. The fourth-order valence-corrected chi connectivity index (χ4v) is 9.75. The normalized spacial score (nSPS) is 17.2. The van der Waals surface area contributed by atoms with Gasteiger partial charge in [-0.15, -0.1) is 0 Å². The fraction of sp³-hybridized carbons (Fsp3) is 0.960. The van der Waals surface area contributed by atoms with Gasteiger partial charge in [0.25, 0.3) is 0 Å². The summed E-state index contributed by atoms with van der Waals surface area (Å²) in [4.78, 5) is 34.2. The number of unbranched alkanes of at least 4 members (excludes halogenated alkanes) is 22. The van der Waals surface area contributed by atoms with Crippen molar-refractivity contribution in [3.8, 4) is 0 Å². The zero-order chi connectivity index (χ0) is 39.6. The molecule has 5 nitrogen and oxygen atoms in total. The molecular weight excluding hydrogens is 675 g/mol. The molecule has 2 fully saturated rings. The highest BCUT2D eigenvalue weighted by Gasteiger charge is 2.39. The number of nitrogens with zero attached hydrogens (tertiary/aromatic N) is 2. The first-order valence-electron chi connectivity index (χ1n) is 25.4. The molecule has 0 spiro atoms. The summed E-state index contributed by atoms with van der Waals surface area (Å²) in [5.41, 5.74) is 0. The molecule has 2 rings (SSSR count). The van der Waals surface area contributed by atoms with E-state index >= 15 is 0 Å². The van der Waals surface area contributed by atoms with E-state index in [0.717, 1.165) is 64.7 Å². The first-order valence-corrected chi connectivity index (χ1v) is 25.4. The van der Waals surface area contributed by atoms with Crippen LogP contribution in [0.1, 0.15) is 259 Å². The minimum atomic E-state index is -0.312. The van der Waals surface area contributed by atoms with Crippen LogP contribution in [0.15, 0.2) is 0 Å². The second-order valence-corrected chi connectivity index (χ2v) is 18.4. The monoisotopic (exact) mass is 772 g/mol. The molecule has 0 bridgehead atoms. The average molecular weight is 772 g/mol. The van der Waals surface area contributed by atoms with Gasteiger partial charge in [0.2, 0.25) is 11.8 Å². The van der Waals surface area contributed by atoms with Crippen LogP contribution in [0.25, 0.3) is 0 Å². The number of hydrogen-bond donors (Lipinski definition) is 1. The van der Waals surface area contributed by atoms with Crippen molar-refractivity contribution < 1.29 is 9.59 Å². The number of carbonyl (C=O) groups excluding carboxylic acids is 2. The summed E-state index contributed by atoms with van der Waals surface area (Å²) < 4.78 is 0. The summed E-state index contributed by atoms with van der Waals surface area (Å²) in [6.45, 7) is 13.1. The third-order valence-electron chi connectivity index (χ3n) is 13.5. The zero-order valence-electron chi connectivity index (χ0n) is 37.8. The summed E-state index contributed by atoms with van der Waals surface area (Å²) in [7, 11) is 0. The highest BCUT2D eigenvalue weighted by molar-refractivity contribution is 5.88. The van der Waals surface area contributed by atoms with Gasteiger partial charge in [0, 0.05) is 19.0 Å². The number of piperidine rings is 1. The molecule has 0 aromatic rings. The van der Waals surface area contributed by atoms with E-state index in [9.17, 15) is 9.59 Å². The molecular formula is C50H97N3O2. The van der Waals surface area contributed by atoms with Gasteiger partial charge in [-0.05, 0) is 76.4 Å². The molecule has 1 saturated heterocycles. The Hall–Kier alpha value is -1.10. The summed E-state index contributed by atoms with van der Waals surface area (Å²) in [5, 5.41) is 3.61. The molecule has 1 heterocycles. The third kappa shape index (κ3) is 24.4. The Balaban J connectivity index is 2.19. The van der Waals surface area contributed by atoms with Crippen LogP contribution in [-0.2, 0) is 9.59 Å². The minimum Gasteiger partial charge on any atom is -0.352 e. The van der Waals surface area contributed by atoms with Gasteiger partial charge in [-0.2, -0.15) is 0 Å². The van der Waals surface area contributed by atoms with Gasteiger partial charge < -0.3 is 15.1 Å². The number of likely N-dealkylation sites (tertiary alicyclic amines) is 1. The van der Waals surface area contributed by atoms with Crippen LogP contribution < -0.4 is 5.32 Å². The van der Waals surface area contributed by atoms with Crippen molar-refractivity contribution in [3.05, 3.63) is 0 Å². The Morgan fingerprint density at radius 3 is 1.40 bits per heavy atom. The molecule has 0 aromatic heterocycles. The predicted molar refractivity (Wildman–Crippen MR) is 240 cm³/mol. The van der Waals surface area contributed by atoms with Gasteiger partial charge in [0.05, 0.1) is 0 Å². The second kappa shape index (κ2) is 34.9. The summed E-state index contributed by atoms with van der Waals surface area (Å²) in [6.07, 6.45) is 45.1. The molecule has 1 aliphatic carbocycles. The maximum Gasteiger partial charge on any atom is 0.243 e. The Kier molecular flexibility index (Phi) is 31.8. The fourth-order valence-electron chi connectivity index (χ4n) is 9.75. The van der Waals surface area contributed by atoms with E-state index in [1.807, 2.05) is 0 Å². The van der Waals surface area contributed by atoms with Crippen LogP contribution in [0.4, 0.5) is 0 Å². The summed E-state index contributed by atoms with van der Waals surface area (Å²) >= 11 is 0. The molecule has 2 aliphatic rings. The van der Waals surface area contributed by atoms with Crippen LogP contribution in [0.5, 0.6) is 0 Å². The largest absolute Gasteiger partial charge is 0.352 e. The van der Waals surface area contributed by atoms with Gasteiger partial charge in [0.15, 0.2) is 0 Å². The van der Waals surface area contributed by atoms with Crippen molar-refractivity contribution in [3.63, 3.8) is 0 Å². The molecule has 2 unspecified atom stereocenters. The number of rotatable bonds is 35. The molecule has 2 atom stereocenters. The standard InChI is InChI=1S/C50H97N3O2/c1-5-9-12-15-18-20-21-22-24-27-34-39-48(54)53(44-45(35-30-25-17-14-11-7-3)36-31-26-23-19-16-13-10-6-2)49(46-40-42-52(8-4)43-41-46)50(55)51-47-37-32-28-29-33-38-47/h45-47,49H,5-44H2,1-4H3,(H,51,55). The zero-order valence-corrected chi connectivity index (χ0v) is 37.8. The van der Waals surface area contributed by atoms with E-state index in [0.29, 0.717) is 12.3 Å². The lowest BCUT2D eigenvalue weighted by Gasteiger charge is -2.42. The van der Waals surface area contributed by atoms with Crippen LogP contribution in [0.2, 0.25) is 0 Å². The third-order valence-corrected chi connectivity index (χ3v) is 13.5. The van der Waals surface area contributed by atoms with Crippen molar-refractivity contribution in [2.75, 3.05) is 26.2 Å². The molecule has 0 aromatic carbocycles. The average Bonchev–Trinajstić information content (AvgIpc) is 3.47. The molecule has 1 saturated carbocycles. The Bertz CT molecular complexity index is 878. The molecule has 55 heavy (non-hydrogen) atoms. The highest BCUT2D eigenvalue weighted by Crippen LogP contribution is 2.30. The number of nitrogens with one attached hydrogen (secondary N) is 1. The van der Waals surface area contributed by atoms with Crippen molar-refractivity contribution >= 4 is 11.8 Å². The first kappa shape index (κ1) is 50.0. The van der Waals surface area contributed by atoms with E-state index in [4.69, 9.17) is 0 Å². The van der Waals surface area contributed by atoms with Crippen LogP contribution in [-0.4, -0.2) is 59.9 Å². The molecule has 2 amide bonds. The highest BCUT2D eigenvalue weighted by atomic mass is 16.2. The number of amides is 2. The maximum absolute atomic E-state index is 14.7. The maximum atomic E-state index is 14.7. The molecule has 1 aliphatic heterocycles. The van der Waals surface area contributed by atoms with E-state index in [1.54, 1.807) is 0 Å². The van der Waals surface area contributed by atoms with Crippen LogP contribution in [0, 0.1) is 11.8 Å². The lowest BCUT2D eigenvalue weighted by atomic mass is 9.85. The SMILES string of the molecule is CCCCCCCCCCCCCC(=O)N(CC(CCCCCCCC)CCCCCCCCCC)C(C(=O)NC1CCCCCC1)C1CCN(CC)CC1. The van der Waals surface area contributed by atoms with Crippen molar-refractivity contribution in [1.82, 2.24) is 15.1 Å². The van der Waals surface area contributed by atoms with Gasteiger partial charge in [-0.3, -0.25) is 9.59 Å². The second-order valence-electron chi connectivity index (χ2n) is 18.4. The Morgan fingerprint density at radius 2 is 0.964 bits per heavy atom.